The molecule has 0 aliphatic carbocycles. The van der Waals surface area contributed by atoms with Gasteiger partial charge in [-0.2, -0.15) is 0 Å². The highest BCUT2D eigenvalue weighted by molar-refractivity contribution is 7.89. The molecule has 0 spiro atoms. The van der Waals surface area contributed by atoms with Crippen LogP contribution >= 0.6 is 12.2 Å². The van der Waals surface area contributed by atoms with E-state index in [0.717, 1.165) is 17.5 Å². The highest BCUT2D eigenvalue weighted by Crippen LogP contribution is 2.05. The summed E-state index contributed by atoms with van der Waals surface area (Å²) in [5, 5.41) is 0. The first kappa shape index (κ1) is 15.1. The molecule has 0 aromatic heterocycles. The van der Waals surface area contributed by atoms with Crippen LogP contribution in [0.1, 0.15) is 30.9 Å². The van der Waals surface area contributed by atoms with Gasteiger partial charge < -0.3 is 5.73 Å². The van der Waals surface area contributed by atoms with E-state index in [1.807, 2.05) is 19.1 Å². The molecule has 0 atom stereocenters. The molecule has 0 unspecified atom stereocenters. The highest BCUT2D eigenvalue weighted by atomic mass is 32.2. The molecular formula is C12H18N2O2S2. The van der Waals surface area contributed by atoms with Gasteiger partial charge in [0.25, 0.3) is 0 Å². The van der Waals surface area contributed by atoms with Gasteiger partial charge in [0, 0.05) is 12.1 Å². The van der Waals surface area contributed by atoms with E-state index in [1.165, 1.54) is 0 Å². The molecule has 18 heavy (non-hydrogen) atoms. The Balaban J connectivity index is 2.56. The van der Waals surface area contributed by atoms with E-state index in [9.17, 15) is 8.42 Å². The van der Waals surface area contributed by atoms with E-state index in [1.54, 1.807) is 12.1 Å². The van der Waals surface area contributed by atoms with Crippen molar-refractivity contribution in [3.05, 3.63) is 35.4 Å². The third-order valence-corrected chi connectivity index (χ3v) is 4.15. The molecule has 0 aliphatic rings. The van der Waals surface area contributed by atoms with Gasteiger partial charge in [0.2, 0.25) is 10.0 Å². The number of hydrogen-bond acceptors (Lipinski definition) is 3. The molecule has 1 aromatic carbocycles. The normalized spacial score (nSPS) is 11.4. The van der Waals surface area contributed by atoms with Crippen molar-refractivity contribution in [2.75, 3.05) is 5.75 Å². The monoisotopic (exact) mass is 286 g/mol. The van der Waals surface area contributed by atoms with E-state index >= 15 is 0 Å². The zero-order valence-corrected chi connectivity index (χ0v) is 12.0. The van der Waals surface area contributed by atoms with Gasteiger partial charge in [-0.15, -0.1) is 0 Å². The van der Waals surface area contributed by atoms with Crippen molar-refractivity contribution < 1.29 is 8.42 Å². The molecular weight excluding hydrogens is 268 g/mol. The minimum absolute atomic E-state index is 0.175. The Labute approximate surface area is 114 Å². The third kappa shape index (κ3) is 5.12. The van der Waals surface area contributed by atoms with Crippen molar-refractivity contribution >= 4 is 27.2 Å². The largest absolute Gasteiger partial charge is 0.389 e. The Morgan fingerprint density at radius 2 is 1.94 bits per heavy atom. The molecule has 1 rings (SSSR count). The Bertz CT molecular complexity index is 495. The SMILES string of the molecule is CCCCS(=O)(=O)NCc1ccc(C(N)=S)cc1. The third-order valence-electron chi connectivity index (χ3n) is 2.50. The first-order valence-corrected chi connectivity index (χ1v) is 7.87. The summed E-state index contributed by atoms with van der Waals surface area (Å²) < 4.78 is 25.7. The van der Waals surface area contributed by atoms with Crippen LogP contribution in [-0.4, -0.2) is 19.2 Å². The first-order valence-electron chi connectivity index (χ1n) is 5.80. The summed E-state index contributed by atoms with van der Waals surface area (Å²) in [5.74, 6) is 0.175. The second-order valence-corrected chi connectivity index (χ2v) is 6.42. The summed E-state index contributed by atoms with van der Waals surface area (Å²) in [6, 6.07) is 7.21. The van der Waals surface area contributed by atoms with E-state index in [2.05, 4.69) is 4.72 Å². The smallest absolute Gasteiger partial charge is 0.211 e. The standard InChI is InChI=1S/C12H18N2O2S2/c1-2-3-8-18(15,16)14-9-10-4-6-11(7-5-10)12(13)17/h4-7,14H,2-3,8-9H2,1H3,(H2,13,17). The number of nitrogens with two attached hydrogens (primary N) is 1. The van der Waals surface area contributed by atoms with Crippen molar-refractivity contribution in [1.29, 1.82) is 0 Å². The van der Waals surface area contributed by atoms with E-state index in [-0.39, 0.29) is 5.75 Å². The first-order chi connectivity index (χ1) is 8.44. The van der Waals surface area contributed by atoms with Crippen LogP contribution in [0.4, 0.5) is 0 Å². The zero-order valence-electron chi connectivity index (χ0n) is 10.3. The van der Waals surface area contributed by atoms with Crippen molar-refractivity contribution in [1.82, 2.24) is 4.72 Å². The molecule has 0 fully saturated rings. The predicted molar refractivity (Wildman–Crippen MR) is 77.9 cm³/mol. The molecule has 0 saturated heterocycles. The van der Waals surface area contributed by atoms with E-state index < -0.39 is 10.0 Å². The Morgan fingerprint density at radius 1 is 1.33 bits per heavy atom. The number of nitrogens with one attached hydrogen (secondary N) is 1. The zero-order chi connectivity index (χ0) is 13.6. The van der Waals surface area contributed by atoms with Gasteiger partial charge in [-0.3, -0.25) is 0 Å². The van der Waals surface area contributed by atoms with Crippen LogP contribution in [0.2, 0.25) is 0 Å². The van der Waals surface area contributed by atoms with Crippen molar-refractivity contribution in [3.63, 3.8) is 0 Å². The summed E-state index contributed by atoms with van der Waals surface area (Å²) in [4.78, 5) is 0.338. The molecule has 0 saturated carbocycles. The lowest BCUT2D eigenvalue weighted by atomic mass is 10.1. The fraction of sp³-hybridized carbons (Fsp3) is 0.417. The van der Waals surface area contributed by atoms with Crippen LogP contribution in [0.5, 0.6) is 0 Å². The van der Waals surface area contributed by atoms with Gasteiger partial charge in [-0.05, 0) is 12.0 Å². The lowest BCUT2D eigenvalue weighted by Crippen LogP contribution is -2.25. The maximum Gasteiger partial charge on any atom is 0.211 e. The van der Waals surface area contributed by atoms with Gasteiger partial charge in [0.05, 0.1) is 5.75 Å². The molecule has 4 nitrogen and oxygen atoms in total. The van der Waals surface area contributed by atoms with Crippen molar-refractivity contribution in [2.45, 2.75) is 26.3 Å². The summed E-state index contributed by atoms with van der Waals surface area (Å²) >= 11 is 4.84. The summed E-state index contributed by atoms with van der Waals surface area (Å²) in [6.45, 7) is 2.26. The molecule has 0 amide bonds. The Kier molecular flexibility index (Phi) is 5.71. The minimum Gasteiger partial charge on any atom is -0.389 e. The van der Waals surface area contributed by atoms with Crippen LogP contribution in [0, 0.1) is 0 Å². The fourth-order valence-corrected chi connectivity index (χ4v) is 2.72. The number of unbranched alkanes of at least 4 members (excludes halogenated alkanes) is 1. The maximum absolute atomic E-state index is 11.6. The second kappa shape index (κ2) is 6.82. The number of benzene rings is 1. The van der Waals surface area contributed by atoms with Crippen molar-refractivity contribution in [3.8, 4) is 0 Å². The Morgan fingerprint density at radius 3 is 2.44 bits per heavy atom. The minimum atomic E-state index is -3.17. The van der Waals surface area contributed by atoms with Crippen LogP contribution in [0.3, 0.4) is 0 Å². The molecule has 0 radical (unpaired) electrons. The Hall–Kier alpha value is -0.980. The molecule has 1 aromatic rings. The van der Waals surface area contributed by atoms with Gasteiger partial charge in [0.1, 0.15) is 4.99 Å². The van der Waals surface area contributed by atoms with E-state index in [4.69, 9.17) is 18.0 Å². The summed E-state index contributed by atoms with van der Waals surface area (Å²) in [6.07, 6.45) is 1.54. The highest BCUT2D eigenvalue weighted by Gasteiger charge is 2.08. The average Bonchev–Trinajstić information content (AvgIpc) is 2.35. The average molecular weight is 286 g/mol. The van der Waals surface area contributed by atoms with Crippen LogP contribution in [0.25, 0.3) is 0 Å². The maximum atomic E-state index is 11.6. The summed E-state index contributed by atoms with van der Waals surface area (Å²) in [7, 11) is -3.17. The van der Waals surface area contributed by atoms with Gasteiger partial charge in [-0.1, -0.05) is 49.8 Å². The van der Waals surface area contributed by atoms with Crippen molar-refractivity contribution in [2.24, 2.45) is 5.73 Å². The van der Waals surface area contributed by atoms with Gasteiger partial charge in [0.15, 0.2) is 0 Å². The molecule has 0 bridgehead atoms. The molecule has 0 aliphatic heterocycles. The molecule has 100 valence electrons. The summed E-state index contributed by atoms with van der Waals surface area (Å²) in [5.41, 5.74) is 7.15. The lowest BCUT2D eigenvalue weighted by Gasteiger charge is -2.06. The van der Waals surface area contributed by atoms with Crippen LogP contribution < -0.4 is 10.5 Å². The van der Waals surface area contributed by atoms with Gasteiger partial charge >= 0.3 is 0 Å². The number of rotatable bonds is 7. The van der Waals surface area contributed by atoms with Gasteiger partial charge in [-0.25, -0.2) is 13.1 Å². The van der Waals surface area contributed by atoms with E-state index in [0.29, 0.717) is 18.0 Å². The fourth-order valence-electron chi connectivity index (χ4n) is 1.39. The number of hydrogen-bond donors (Lipinski definition) is 2. The second-order valence-electron chi connectivity index (χ2n) is 4.05. The van der Waals surface area contributed by atoms with Crippen LogP contribution in [-0.2, 0) is 16.6 Å². The lowest BCUT2D eigenvalue weighted by molar-refractivity contribution is 0.578. The number of thiocarbonyl (C=S) groups is 1. The molecule has 0 heterocycles. The predicted octanol–water partition coefficient (Wildman–Crippen LogP) is 1.54. The topological polar surface area (TPSA) is 72.2 Å². The molecule has 3 N–H and O–H groups in total. The number of sulfonamides is 1. The van der Waals surface area contributed by atoms with Crippen LogP contribution in [0.15, 0.2) is 24.3 Å². The quantitative estimate of drug-likeness (QED) is 0.746. The molecule has 6 heteroatoms.